The zero-order chi connectivity index (χ0) is 22.8. The van der Waals surface area contributed by atoms with Crippen molar-refractivity contribution in [3.63, 3.8) is 0 Å². The van der Waals surface area contributed by atoms with Crippen molar-refractivity contribution in [3.05, 3.63) is 65.7 Å². The topological polar surface area (TPSA) is 80.6 Å². The van der Waals surface area contributed by atoms with Gasteiger partial charge in [-0.1, -0.05) is 54.5 Å². The molecule has 7 nitrogen and oxygen atoms in total. The van der Waals surface area contributed by atoms with E-state index in [2.05, 4.69) is 10.1 Å². The van der Waals surface area contributed by atoms with Gasteiger partial charge in [0.15, 0.2) is 0 Å². The van der Waals surface area contributed by atoms with Crippen molar-refractivity contribution in [1.29, 1.82) is 0 Å². The second kappa shape index (κ2) is 12.2. The number of oxime groups is 1. The number of methoxy groups -OCH3 is 1. The Morgan fingerprint density at radius 3 is 2.81 bits per heavy atom. The maximum Gasteiger partial charge on any atom is 0.305 e. The summed E-state index contributed by atoms with van der Waals surface area (Å²) in [6, 6.07) is 17.8. The minimum atomic E-state index is -0.794. The number of aliphatic hydroxyl groups is 1. The van der Waals surface area contributed by atoms with Crippen molar-refractivity contribution in [2.45, 2.75) is 44.9 Å². The van der Waals surface area contributed by atoms with E-state index < -0.39 is 6.10 Å². The van der Waals surface area contributed by atoms with E-state index in [0.717, 1.165) is 29.0 Å². The number of hydrogen-bond acceptors (Lipinski definition) is 7. The molecule has 2 atom stereocenters. The van der Waals surface area contributed by atoms with E-state index in [1.54, 1.807) is 7.11 Å². The summed E-state index contributed by atoms with van der Waals surface area (Å²) < 4.78 is 10.5. The van der Waals surface area contributed by atoms with E-state index in [0.29, 0.717) is 32.5 Å². The van der Waals surface area contributed by atoms with E-state index in [4.69, 9.17) is 14.3 Å². The maximum absolute atomic E-state index is 11.6. The van der Waals surface area contributed by atoms with Crippen LogP contribution in [0.3, 0.4) is 0 Å². The van der Waals surface area contributed by atoms with E-state index >= 15 is 0 Å². The van der Waals surface area contributed by atoms with Crippen LogP contribution in [0.1, 0.15) is 37.3 Å². The van der Waals surface area contributed by atoms with Gasteiger partial charge in [0, 0.05) is 32.5 Å². The summed E-state index contributed by atoms with van der Waals surface area (Å²) in [6.07, 6.45) is 0.860. The average Bonchev–Trinajstić information content (AvgIpc) is 3.27. The molecule has 172 valence electrons. The van der Waals surface area contributed by atoms with E-state index in [1.165, 1.54) is 0 Å². The molecule has 1 heterocycles. The van der Waals surface area contributed by atoms with E-state index in [1.807, 2.05) is 61.5 Å². The molecule has 2 unspecified atom stereocenters. The molecular weight excluding hydrogens is 408 g/mol. The first-order valence-corrected chi connectivity index (χ1v) is 11.0. The molecule has 32 heavy (non-hydrogen) atoms. The largest absolute Gasteiger partial charge is 0.497 e. The summed E-state index contributed by atoms with van der Waals surface area (Å²) >= 11 is 0. The molecule has 0 bridgehead atoms. The molecule has 7 heteroatoms. The van der Waals surface area contributed by atoms with Gasteiger partial charge < -0.3 is 19.4 Å². The molecule has 0 amide bonds. The van der Waals surface area contributed by atoms with Crippen molar-refractivity contribution >= 4 is 11.7 Å². The van der Waals surface area contributed by atoms with Crippen LogP contribution in [0.2, 0.25) is 0 Å². The highest BCUT2D eigenvalue weighted by molar-refractivity contribution is 6.01. The third kappa shape index (κ3) is 7.35. The summed E-state index contributed by atoms with van der Waals surface area (Å²) in [6.45, 7) is 3.41. The lowest BCUT2D eigenvalue weighted by molar-refractivity contribution is -0.147. The number of hydrogen-bond donors (Lipinski definition) is 1. The SMILES string of the molecule is CCCC(=O)OCC(O)CN(Cc1cccc(OC)c1)CC1CC(c2ccccc2)=NO1. The van der Waals surface area contributed by atoms with Crippen molar-refractivity contribution < 1.29 is 24.2 Å². The lowest BCUT2D eigenvalue weighted by Crippen LogP contribution is -2.39. The second-order valence-electron chi connectivity index (χ2n) is 7.97. The summed E-state index contributed by atoms with van der Waals surface area (Å²) in [5, 5.41) is 14.8. The number of rotatable bonds is 12. The Hall–Kier alpha value is -2.90. The van der Waals surface area contributed by atoms with Crippen LogP contribution in [-0.4, -0.2) is 60.7 Å². The van der Waals surface area contributed by atoms with Crippen LogP contribution in [0.25, 0.3) is 0 Å². The zero-order valence-corrected chi connectivity index (χ0v) is 18.8. The quantitative estimate of drug-likeness (QED) is 0.510. The Bertz CT molecular complexity index is 887. The van der Waals surface area contributed by atoms with E-state index in [9.17, 15) is 9.90 Å². The Morgan fingerprint density at radius 1 is 1.25 bits per heavy atom. The molecule has 0 aliphatic carbocycles. The first-order chi connectivity index (χ1) is 15.6. The standard InChI is InChI=1S/C25H32N2O5/c1-3-8-25(29)31-18-21(28)16-27(15-19-9-7-12-22(13-19)30-2)17-23-14-24(26-32-23)20-10-5-4-6-11-20/h4-7,9-13,21,23,28H,3,8,14-18H2,1-2H3. The van der Waals surface area contributed by atoms with Gasteiger partial charge in [0.2, 0.25) is 0 Å². The number of esters is 1. The molecule has 0 saturated carbocycles. The van der Waals surface area contributed by atoms with Gasteiger partial charge in [-0.3, -0.25) is 9.69 Å². The fourth-order valence-electron chi connectivity index (χ4n) is 3.66. The minimum absolute atomic E-state index is 0.0231. The highest BCUT2D eigenvalue weighted by Gasteiger charge is 2.26. The monoisotopic (exact) mass is 440 g/mol. The van der Waals surface area contributed by atoms with Crippen LogP contribution >= 0.6 is 0 Å². The van der Waals surface area contributed by atoms with Gasteiger partial charge in [-0.2, -0.15) is 0 Å². The van der Waals surface area contributed by atoms with Gasteiger partial charge in [-0.05, 0) is 29.7 Å². The summed E-state index contributed by atoms with van der Waals surface area (Å²) in [7, 11) is 1.64. The molecule has 0 spiro atoms. The number of carbonyl (C=O) groups excluding carboxylic acids is 1. The maximum atomic E-state index is 11.6. The van der Waals surface area contributed by atoms with Gasteiger partial charge in [0.25, 0.3) is 0 Å². The first-order valence-electron chi connectivity index (χ1n) is 11.0. The van der Waals surface area contributed by atoms with Gasteiger partial charge in [0.05, 0.1) is 12.8 Å². The molecule has 1 aliphatic rings. The Balaban J connectivity index is 1.61. The number of aliphatic hydroxyl groups excluding tert-OH is 1. The smallest absolute Gasteiger partial charge is 0.305 e. The van der Waals surface area contributed by atoms with Crippen molar-refractivity contribution in [2.24, 2.45) is 5.16 Å². The zero-order valence-electron chi connectivity index (χ0n) is 18.8. The molecular formula is C25H32N2O5. The first kappa shape index (κ1) is 23.8. The van der Waals surface area contributed by atoms with Crippen LogP contribution in [0.4, 0.5) is 0 Å². The molecule has 2 aromatic carbocycles. The minimum Gasteiger partial charge on any atom is -0.497 e. The Morgan fingerprint density at radius 2 is 2.06 bits per heavy atom. The molecule has 0 fully saturated rings. The molecule has 0 aromatic heterocycles. The Kier molecular flexibility index (Phi) is 9.07. The van der Waals surface area contributed by atoms with Crippen LogP contribution in [0, 0.1) is 0 Å². The predicted molar refractivity (Wildman–Crippen MR) is 123 cm³/mol. The third-order valence-corrected chi connectivity index (χ3v) is 5.20. The van der Waals surface area contributed by atoms with Crippen molar-refractivity contribution in [3.8, 4) is 5.75 Å². The normalized spacial score (nSPS) is 16.4. The van der Waals surface area contributed by atoms with Crippen LogP contribution in [-0.2, 0) is 20.9 Å². The van der Waals surface area contributed by atoms with Gasteiger partial charge in [-0.25, -0.2) is 0 Å². The number of nitrogens with zero attached hydrogens (tertiary/aromatic N) is 2. The molecule has 0 saturated heterocycles. The van der Waals surface area contributed by atoms with Gasteiger partial charge in [-0.15, -0.1) is 0 Å². The van der Waals surface area contributed by atoms with Crippen molar-refractivity contribution in [2.75, 3.05) is 26.8 Å². The second-order valence-corrected chi connectivity index (χ2v) is 7.97. The molecule has 1 N–H and O–H groups in total. The fraction of sp³-hybridized carbons (Fsp3) is 0.440. The number of ether oxygens (including phenoxy) is 2. The molecule has 1 aliphatic heterocycles. The van der Waals surface area contributed by atoms with Crippen molar-refractivity contribution in [1.82, 2.24) is 4.90 Å². The fourth-order valence-corrected chi connectivity index (χ4v) is 3.66. The molecule has 2 aromatic rings. The van der Waals surface area contributed by atoms with Gasteiger partial charge in [0.1, 0.15) is 24.6 Å². The molecule has 0 radical (unpaired) electrons. The lowest BCUT2D eigenvalue weighted by atomic mass is 10.0. The highest BCUT2D eigenvalue weighted by atomic mass is 16.6. The predicted octanol–water partition coefficient (Wildman–Crippen LogP) is 3.39. The Labute approximate surface area is 189 Å². The van der Waals surface area contributed by atoms with Gasteiger partial charge >= 0.3 is 5.97 Å². The van der Waals surface area contributed by atoms with Crippen LogP contribution in [0.5, 0.6) is 5.75 Å². The number of benzene rings is 2. The van der Waals surface area contributed by atoms with Crippen LogP contribution in [0.15, 0.2) is 59.8 Å². The molecule has 3 rings (SSSR count). The summed E-state index contributed by atoms with van der Waals surface area (Å²) in [5.74, 6) is 0.495. The summed E-state index contributed by atoms with van der Waals surface area (Å²) in [5.41, 5.74) is 3.03. The average molecular weight is 441 g/mol. The lowest BCUT2D eigenvalue weighted by Gasteiger charge is -2.27. The number of carbonyl (C=O) groups is 1. The third-order valence-electron chi connectivity index (χ3n) is 5.20. The summed E-state index contributed by atoms with van der Waals surface area (Å²) in [4.78, 5) is 19.4. The van der Waals surface area contributed by atoms with E-state index in [-0.39, 0.29) is 18.7 Å². The van der Waals surface area contributed by atoms with Crippen LogP contribution < -0.4 is 4.74 Å². The highest BCUT2D eigenvalue weighted by Crippen LogP contribution is 2.20.